The fourth-order valence-corrected chi connectivity index (χ4v) is 1.75. The Hall–Kier alpha value is -0.210. The van der Waals surface area contributed by atoms with Crippen molar-refractivity contribution in [2.45, 2.75) is 12.3 Å². The van der Waals surface area contributed by atoms with Crippen LogP contribution in [0.25, 0.3) is 0 Å². The van der Waals surface area contributed by atoms with E-state index in [1.165, 1.54) is 0 Å². The topological polar surface area (TPSA) is 76.1 Å². The van der Waals surface area contributed by atoms with Gasteiger partial charge in [-0.15, -0.1) is 5.06 Å². The van der Waals surface area contributed by atoms with Crippen LogP contribution in [-0.4, -0.2) is 37.5 Å². The highest BCUT2D eigenvalue weighted by atomic mass is 32.3. The fourth-order valence-electron chi connectivity index (χ4n) is 0.873. The summed E-state index contributed by atoms with van der Waals surface area (Å²) in [6, 6.07) is 0. The van der Waals surface area contributed by atoms with Crippen LogP contribution in [0.4, 0.5) is 0 Å². The van der Waals surface area contributed by atoms with Crippen molar-refractivity contribution in [3.63, 3.8) is 0 Å². The predicted octanol–water partition coefficient (Wildman–Crippen LogP) is -1.80. The van der Waals surface area contributed by atoms with Crippen molar-refractivity contribution in [3.05, 3.63) is 0 Å². The van der Waals surface area contributed by atoms with Gasteiger partial charge in [-0.1, -0.05) is 0 Å². The van der Waals surface area contributed by atoms with Crippen molar-refractivity contribution >= 4 is 10.4 Å². The first-order valence-corrected chi connectivity index (χ1v) is 3.99. The molecule has 0 aromatic carbocycles. The third kappa shape index (κ3) is 0.756. The van der Waals surface area contributed by atoms with Crippen LogP contribution in [0.3, 0.4) is 0 Å². The third-order valence-electron chi connectivity index (χ3n) is 1.38. The summed E-state index contributed by atoms with van der Waals surface area (Å²) in [7, 11) is -3.85. The zero-order valence-corrected chi connectivity index (χ0v) is 5.61. The molecule has 2 rings (SSSR count). The second-order valence-electron chi connectivity index (χ2n) is 2.14. The summed E-state index contributed by atoms with van der Waals surface area (Å²) >= 11 is 0. The molecule has 6 nitrogen and oxygen atoms in total. The second kappa shape index (κ2) is 1.69. The van der Waals surface area contributed by atoms with Gasteiger partial charge in [-0.25, -0.2) is 4.18 Å². The summed E-state index contributed by atoms with van der Waals surface area (Å²) in [5.74, 6) is 0. The van der Waals surface area contributed by atoms with Crippen molar-refractivity contribution in [1.29, 1.82) is 0 Å². The van der Waals surface area contributed by atoms with Crippen LogP contribution in [0, 0.1) is 0 Å². The van der Waals surface area contributed by atoms with Gasteiger partial charge in [0.2, 0.25) is 0 Å². The molecule has 0 spiro atoms. The SMILES string of the molecule is O=S1(=O)OC2C(O)CN2O1. The maximum atomic E-state index is 10.4. The number of aliphatic hydroxyl groups excluding tert-OH is 1. The summed E-state index contributed by atoms with van der Waals surface area (Å²) in [6.07, 6.45) is -1.57. The van der Waals surface area contributed by atoms with E-state index < -0.39 is 22.7 Å². The van der Waals surface area contributed by atoms with Gasteiger partial charge in [-0.05, 0) is 0 Å². The molecule has 2 saturated heterocycles. The minimum Gasteiger partial charge on any atom is -0.387 e. The molecule has 2 unspecified atom stereocenters. The number of fused-ring (bicyclic) bond motifs is 1. The molecule has 0 radical (unpaired) electrons. The van der Waals surface area contributed by atoms with E-state index in [1.807, 2.05) is 0 Å². The first-order chi connectivity index (χ1) is 4.58. The predicted molar refractivity (Wildman–Crippen MR) is 27.6 cm³/mol. The Bertz CT molecular complexity index is 248. The Morgan fingerprint density at radius 3 is 2.70 bits per heavy atom. The van der Waals surface area contributed by atoms with Gasteiger partial charge in [-0.3, -0.25) is 0 Å². The lowest BCUT2D eigenvalue weighted by atomic mass is 10.2. The molecular formula is C3H5NO5S. The lowest BCUT2D eigenvalue weighted by Crippen LogP contribution is -2.56. The molecule has 2 heterocycles. The highest BCUT2D eigenvalue weighted by molar-refractivity contribution is 7.82. The zero-order chi connectivity index (χ0) is 7.35. The standard InChI is InChI=1S/C3H5NO5S/c5-2-1-4-3(2)8-10(6,7)9-4/h2-3,5H,1H2. The Balaban J connectivity index is 2.20. The van der Waals surface area contributed by atoms with Gasteiger partial charge < -0.3 is 5.11 Å². The van der Waals surface area contributed by atoms with Crippen molar-refractivity contribution < 1.29 is 22.0 Å². The molecule has 2 atom stereocenters. The van der Waals surface area contributed by atoms with E-state index in [0.717, 1.165) is 5.06 Å². The molecular weight excluding hydrogens is 162 g/mol. The average molecular weight is 167 g/mol. The summed E-state index contributed by atoms with van der Waals surface area (Å²) in [5.41, 5.74) is 0. The third-order valence-corrected chi connectivity index (χ3v) is 2.19. The molecule has 0 aromatic heterocycles. The quantitative estimate of drug-likeness (QED) is 0.458. The number of hydroxylamine groups is 2. The number of nitrogens with zero attached hydrogens (tertiary/aromatic N) is 1. The van der Waals surface area contributed by atoms with Gasteiger partial charge in [0.05, 0.1) is 6.54 Å². The van der Waals surface area contributed by atoms with E-state index in [4.69, 9.17) is 5.11 Å². The number of hydrogen-bond donors (Lipinski definition) is 1. The van der Waals surface area contributed by atoms with Gasteiger partial charge in [0.1, 0.15) is 6.10 Å². The van der Waals surface area contributed by atoms with Crippen molar-refractivity contribution in [3.8, 4) is 0 Å². The molecule has 1 N–H and O–H groups in total. The summed E-state index contributed by atoms with van der Waals surface area (Å²) < 4.78 is 29.4. The summed E-state index contributed by atoms with van der Waals surface area (Å²) in [6.45, 7) is 0.184. The minimum absolute atomic E-state index is 0.184. The number of aliphatic hydroxyl groups is 1. The van der Waals surface area contributed by atoms with Gasteiger partial charge >= 0.3 is 10.4 Å². The largest absolute Gasteiger partial charge is 0.418 e. The first-order valence-electron chi connectivity index (χ1n) is 2.66. The second-order valence-corrected chi connectivity index (χ2v) is 3.29. The molecule has 0 saturated carbocycles. The molecule has 10 heavy (non-hydrogen) atoms. The van der Waals surface area contributed by atoms with Gasteiger partial charge in [0.25, 0.3) is 0 Å². The Labute approximate surface area is 57.2 Å². The molecule has 7 heteroatoms. The Morgan fingerprint density at radius 1 is 1.60 bits per heavy atom. The van der Waals surface area contributed by atoms with E-state index >= 15 is 0 Å². The first kappa shape index (κ1) is 6.50. The Morgan fingerprint density at radius 2 is 2.30 bits per heavy atom. The molecule has 0 bridgehead atoms. The van der Waals surface area contributed by atoms with Crippen molar-refractivity contribution in [2.75, 3.05) is 6.54 Å². The van der Waals surface area contributed by atoms with E-state index in [0.29, 0.717) is 0 Å². The maximum absolute atomic E-state index is 10.4. The van der Waals surface area contributed by atoms with Crippen molar-refractivity contribution in [2.24, 2.45) is 0 Å². The molecule has 2 aliphatic rings. The molecule has 2 fully saturated rings. The van der Waals surface area contributed by atoms with Crippen LogP contribution < -0.4 is 0 Å². The normalized spacial score (nSPS) is 44.5. The Kier molecular flexibility index (Phi) is 1.10. The fraction of sp³-hybridized carbons (Fsp3) is 1.00. The van der Waals surface area contributed by atoms with Gasteiger partial charge in [0, 0.05) is 0 Å². The van der Waals surface area contributed by atoms with Crippen LogP contribution in [0.2, 0.25) is 0 Å². The molecule has 2 aliphatic heterocycles. The lowest BCUT2D eigenvalue weighted by Gasteiger charge is -2.32. The van der Waals surface area contributed by atoms with E-state index in [2.05, 4.69) is 8.47 Å². The number of hydrogen-bond acceptors (Lipinski definition) is 6. The molecule has 0 amide bonds. The molecule has 0 aliphatic carbocycles. The van der Waals surface area contributed by atoms with Crippen LogP contribution >= 0.6 is 0 Å². The summed E-state index contributed by atoms with van der Waals surface area (Å²) in [4.78, 5) is 0. The zero-order valence-electron chi connectivity index (χ0n) is 4.80. The van der Waals surface area contributed by atoms with Gasteiger partial charge in [0.15, 0.2) is 6.23 Å². The highest BCUT2D eigenvalue weighted by Gasteiger charge is 2.51. The lowest BCUT2D eigenvalue weighted by molar-refractivity contribution is -0.229. The maximum Gasteiger partial charge on any atom is 0.418 e. The van der Waals surface area contributed by atoms with Crippen LogP contribution in [-0.2, 0) is 18.9 Å². The van der Waals surface area contributed by atoms with Crippen LogP contribution in [0.1, 0.15) is 0 Å². The van der Waals surface area contributed by atoms with Crippen molar-refractivity contribution in [1.82, 2.24) is 5.06 Å². The van der Waals surface area contributed by atoms with E-state index in [-0.39, 0.29) is 6.54 Å². The van der Waals surface area contributed by atoms with Crippen LogP contribution in [0.15, 0.2) is 0 Å². The summed E-state index contributed by atoms with van der Waals surface area (Å²) in [5, 5.41) is 9.91. The number of rotatable bonds is 0. The van der Waals surface area contributed by atoms with Crippen LogP contribution in [0.5, 0.6) is 0 Å². The highest BCUT2D eigenvalue weighted by Crippen LogP contribution is 2.29. The van der Waals surface area contributed by atoms with E-state index in [9.17, 15) is 8.42 Å². The molecule has 0 aromatic rings. The minimum atomic E-state index is -3.85. The van der Waals surface area contributed by atoms with E-state index in [1.54, 1.807) is 0 Å². The smallest absolute Gasteiger partial charge is 0.387 e. The van der Waals surface area contributed by atoms with Gasteiger partial charge in [-0.2, -0.15) is 12.7 Å². The average Bonchev–Trinajstić information content (AvgIpc) is 2.04. The monoisotopic (exact) mass is 167 g/mol. The molecule has 58 valence electrons.